The van der Waals surface area contributed by atoms with Crippen LogP contribution in [0.15, 0.2) is 23.1 Å². The Bertz CT molecular complexity index is 361. The molecule has 0 saturated heterocycles. The van der Waals surface area contributed by atoms with E-state index in [2.05, 4.69) is 23.5 Å². The van der Waals surface area contributed by atoms with Crippen LogP contribution in [0.1, 0.15) is 37.7 Å². The Kier molecular flexibility index (Phi) is 5.20. The normalized spacial score (nSPS) is 17.3. The molecule has 94 valence electrons. The fourth-order valence-corrected chi connectivity index (χ4v) is 3.90. The van der Waals surface area contributed by atoms with Crippen LogP contribution in [0.5, 0.6) is 0 Å². The van der Waals surface area contributed by atoms with Gasteiger partial charge in [-0.05, 0) is 37.6 Å². The van der Waals surface area contributed by atoms with Gasteiger partial charge in [-0.15, -0.1) is 11.8 Å². The Labute approximate surface area is 113 Å². The van der Waals surface area contributed by atoms with Crippen molar-refractivity contribution in [1.82, 2.24) is 5.32 Å². The third-order valence-corrected chi connectivity index (χ3v) is 5.06. The first-order valence-electron chi connectivity index (χ1n) is 6.39. The molecule has 3 heteroatoms. The molecule has 0 amide bonds. The van der Waals surface area contributed by atoms with Gasteiger partial charge in [0.2, 0.25) is 0 Å². The fraction of sp³-hybridized carbons (Fsp3) is 0.571. The van der Waals surface area contributed by atoms with Gasteiger partial charge in [0.25, 0.3) is 0 Å². The molecule has 0 radical (unpaired) electrons. The number of rotatable bonds is 4. The van der Waals surface area contributed by atoms with E-state index in [0.717, 1.165) is 16.8 Å². The number of halogens is 1. The molecule has 1 aromatic carbocycles. The topological polar surface area (TPSA) is 12.0 Å². The lowest BCUT2D eigenvalue weighted by molar-refractivity contribution is 0.516. The second kappa shape index (κ2) is 6.67. The van der Waals surface area contributed by atoms with E-state index in [1.54, 1.807) is 0 Å². The summed E-state index contributed by atoms with van der Waals surface area (Å²) in [6.45, 7) is 0.883. The maximum absolute atomic E-state index is 6.34. The van der Waals surface area contributed by atoms with Gasteiger partial charge in [-0.2, -0.15) is 0 Å². The minimum absolute atomic E-state index is 0.774. The molecule has 0 spiro atoms. The van der Waals surface area contributed by atoms with Gasteiger partial charge in [-0.25, -0.2) is 0 Å². The van der Waals surface area contributed by atoms with Crippen molar-refractivity contribution in [3.63, 3.8) is 0 Å². The molecule has 1 aliphatic carbocycles. The molecule has 1 N–H and O–H groups in total. The number of hydrogen-bond donors (Lipinski definition) is 1. The van der Waals surface area contributed by atoms with Gasteiger partial charge in [0.15, 0.2) is 0 Å². The molecule has 0 aromatic heterocycles. The van der Waals surface area contributed by atoms with E-state index >= 15 is 0 Å². The molecule has 0 bridgehead atoms. The Morgan fingerprint density at radius 1 is 1.29 bits per heavy atom. The van der Waals surface area contributed by atoms with Crippen molar-refractivity contribution in [2.75, 3.05) is 7.05 Å². The van der Waals surface area contributed by atoms with Crippen LogP contribution in [-0.4, -0.2) is 12.3 Å². The quantitative estimate of drug-likeness (QED) is 0.865. The van der Waals surface area contributed by atoms with Gasteiger partial charge < -0.3 is 5.32 Å². The summed E-state index contributed by atoms with van der Waals surface area (Å²) < 4.78 is 0. The van der Waals surface area contributed by atoms with Crippen LogP contribution < -0.4 is 5.32 Å². The number of nitrogens with one attached hydrogen (secondary N) is 1. The molecular formula is C14H20ClNS. The molecule has 1 nitrogen and oxygen atoms in total. The van der Waals surface area contributed by atoms with Crippen molar-refractivity contribution in [2.45, 2.75) is 48.8 Å². The van der Waals surface area contributed by atoms with Gasteiger partial charge in [-0.3, -0.25) is 0 Å². The van der Waals surface area contributed by atoms with Gasteiger partial charge in [0.05, 0.1) is 5.02 Å². The largest absolute Gasteiger partial charge is 0.316 e. The minimum Gasteiger partial charge on any atom is -0.316 e. The molecule has 0 atom stereocenters. The fourth-order valence-electron chi connectivity index (χ4n) is 2.32. The Balaban J connectivity index is 2.00. The highest BCUT2D eigenvalue weighted by Crippen LogP contribution is 2.37. The van der Waals surface area contributed by atoms with Crippen LogP contribution in [0, 0.1) is 0 Å². The predicted octanol–water partition coefficient (Wildman–Crippen LogP) is 4.48. The maximum Gasteiger partial charge on any atom is 0.0545 e. The molecule has 1 aromatic rings. The van der Waals surface area contributed by atoms with Crippen LogP contribution in [0.2, 0.25) is 5.02 Å². The molecule has 1 aliphatic rings. The van der Waals surface area contributed by atoms with E-state index in [-0.39, 0.29) is 0 Å². The second-order valence-electron chi connectivity index (χ2n) is 4.67. The predicted molar refractivity (Wildman–Crippen MR) is 76.9 cm³/mol. The van der Waals surface area contributed by atoms with E-state index in [9.17, 15) is 0 Å². The van der Waals surface area contributed by atoms with Crippen molar-refractivity contribution < 1.29 is 0 Å². The van der Waals surface area contributed by atoms with E-state index < -0.39 is 0 Å². The Morgan fingerprint density at radius 3 is 2.71 bits per heavy atom. The average Bonchev–Trinajstić information content (AvgIpc) is 2.34. The lowest BCUT2D eigenvalue weighted by atomic mass is 10.0. The van der Waals surface area contributed by atoms with Crippen molar-refractivity contribution in [2.24, 2.45) is 0 Å². The standard InChI is InChI=1S/C14H20ClNS/c1-16-10-11-7-8-14(13(15)9-11)17-12-5-3-2-4-6-12/h7-9,12,16H,2-6,10H2,1H3. The molecule has 0 unspecified atom stereocenters. The van der Waals surface area contributed by atoms with Gasteiger partial charge in [0, 0.05) is 16.7 Å². The smallest absolute Gasteiger partial charge is 0.0545 e. The molecule has 1 saturated carbocycles. The van der Waals surface area contributed by atoms with Crippen molar-refractivity contribution in [3.05, 3.63) is 28.8 Å². The third kappa shape index (κ3) is 3.90. The zero-order valence-electron chi connectivity index (χ0n) is 10.3. The van der Waals surface area contributed by atoms with E-state index in [0.29, 0.717) is 0 Å². The van der Waals surface area contributed by atoms with Crippen molar-refractivity contribution >= 4 is 23.4 Å². The third-order valence-electron chi connectivity index (χ3n) is 3.22. The van der Waals surface area contributed by atoms with E-state index in [4.69, 9.17) is 11.6 Å². The maximum atomic E-state index is 6.34. The monoisotopic (exact) mass is 269 g/mol. The Morgan fingerprint density at radius 2 is 2.06 bits per heavy atom. The van der Waals surface area contributed by atoms with Gasteiger partial charge >= 0.3 is 0 Å². The van der Waals surface area contributed by atoms with Crippen molar-refractivity contribution in [1.29, 1.82) is 0 Å². The minimum atomic E-state index is 0.774. The number of thioether (sulfide) groups is 1. The van der Waals surface area contributed by atoms with E-state index in [1.807, 2.05) is 18.8 Å². The zero-order chi connectivity index (χ0) is 12.1. The van der Waals surface area contributed by atoms with Gasteiger partial charge in [0.1, 0.15) is 0 Å². The molecule has 0 aliphatic heterocycles. The summed E-state index contributed by atoms with van der Waals surface area (Å²) in [6, 6.07) is 6.44. The van der Waals surface area contributed by atoms with E-state index in [1.165, 1.54) is 42.6 Å². The molecule has 2 rings (SSSR count). The van der Waals surface area contributed by atoms with Crippen LogP contribution in [-0.2, 0) is 6.54 Å². The first-order chi connectivity index (χ1) is 8.29. The first-order valence-corrected chi connectivity index (χ1v) is 7.65. The summed E-state index contributed by atoms with van der Waals surface area (Å²) in [5.74, 6) is 0. The van der Waals surface area contributed by atoms with Crippen LogP contribution in [0.3, 0.4) is 0 Å². The summed E-state index contributed by atoms with van der Waals surface area (Å²) >= 11 is 8.30. The molecular weight excluding hydrogens is 250 g/mol. The second-order valence-corrected chi connectivity index (χ2v) is 6.42. The summed E-state index contributed by atoms with van der Waals surface area (Å²) in [6.07, 6.45) is 6.87. The lowest BCUT2D eigenvalue weighted by Crippen LogP contribution is -2.08. The highest BCUT2D eigenvalue weighted by atomic mass is 35.5. The van der Waals surface area contributed by atoms with Crippen LogP contribution in [0.4, 0.5) is 0 Å². The Hall–Kier alpha value is -0.180. The van der Waals surface area contributed by atoms with Gasteiger partial charge in [-0.1, -0.05) is 36.9 Å². The highest BCUT2D eigenvalue weighted by Gasteiger charge is 2.15. The summed E-state index contributed by atoms with van der Waals surface area (Å²) in [5, 5.41) is 4.83. The SMILES string of the molecule is CNCc1ccc(SC2CCCCC2)c(Cl)c1. The highest BCUT2D eigenvalue weighted by molar-refractivity contribution is 8.00. The summed E-state index contributed by atoms with van der Waals surface area (Å²) in [7, 11) is 1.96. The number of benzene rings is 1. The molecule has 1 fully saturated rings. The number of hydrogen-bond acceptors (Lipinski definition) is 2. The summed E-state index contributed by atoms with van der Waals surface area (Å²) in [5.41, 5.74) is 1.26. The average molecular weight is 270 g/mol. The van der Waals surface area contributed by atoms with Crippen LogP contribution >= 0.6 is 23.4 Å². The van der Waals surface area contributed by atoms with Crippen molar-refractivity contribution in [3.8, 4) is 0 Å². The first kappa shape index (κ1) is 13.3. The molecule has 17 heavy (non-hydrogen) atoms. The van der Waals surface area contributed by atoms with Crippen LogP contribution in [0.25, 0.3) is 0 Å². The summed E-state index contributed by atoms with van der Waals surface area (Å²) in [4.78, 5) is 1.25. The lowest BCUT2D eigenvalue weighted by Gasteiger charge is -2.21. The zero-order valence-corrected chi connectivity index (χ0v) is 11.9. The molecule has 0 heterocycles.